The molecule has 111 heavy (non-hydrogen) atoms. The third-order valence-corrected chi connectivity index (χ3v) is 17.4. The quantitative estimate of drug-likeness (QED) is 0.0168. The fourth-order valence-corrected chi connectivity index (χ4v) is 11.4. The third-order valence-electron chi connectivity index (χ3n) is 17.4. The number of phenolic OH excluding ortho intramolecular Hbond substituents is 1. The fourth-order valence-electron chi connectivity index (χ4n) is 11.4. The minimum absolute atomic E-state index is 0.000861. The molecule has 620 valence electrons. The Morgan fingerprint density at radius 3 is 0.937 bits per heavy atom. The summed E-state index contributed by atoms with van der Waals surface area (Å²) >= 11 is 0. The van der Waals surface area contributed by atoms with E-state index in [1.54, 1.807) is 71.9 Å². The number of nitrogens with one attached hydrogen (secondary N) is 10. The van der Waals surface area contributed by atoms with Gasteiger partial charge in [0.2, 0.25) is 65.0 Å². The third kappa shape index (κ3) is 40.1. The molecule has 0 spiro atoms. The first-order chi connectivity index (χ1) is 52.3. The molecule has 2 rings (SSSR count). The Hall–Kier alpha value is -11.3. The lowest BCUT2D eigenvalue weighted by Crippen LogP contribution is -2.61. The van der Waals surface area contributed by atoms with Gasteiger partial charge < -0.3 is 127 Å². The van der Waals surface area contributed by atoms with Crippen molar-refractivity contribution < 1.29 is 57.8 Å². The Morgan fingerprint density at radius 2 is 0.604 bits per heavy atom. The molecule has 2 aromatic carbocycles. The van der Waals surface area contributed by atoms with Crippen LogP contribution in [-0.2, 0) is 65.6 Å². The molecule has 0 bridgehead atoms. The summed E-state index contributed by atoms with van der Waals surface area (Å²) in [7, 11) is 0. The highest BCUT2D eigenvalue weighted by atomic mass is 16.3. The van der Waals surface area contributed by atoms with Crippen LogP contribution in [0.5, 0.6) is 5.75 Å². The Kier molecular flexibility index (Phi) is 44.2. The minimum atomic E-state index is -1.49. The van der Waals surface area contributed by atoms with Crippen LogP contribution in [-0.4, -0.2) is 199 Å². The lowest BCUT2D eigenvalue weighted by atomic mass is 9.96. The maximum atomic E-state index is 15.0. The molecular formula is C72H125N27O12. The number of aliphatic imine (C=N–C) groups is 5. The van der Waals surface area contributed by atoms with Gasteiger partial charge in [-0.1, -0.05) is 104 Å². The van der Waals surface area contributed by atoms with Gasteiger partial charge in [-0.05, 0) is 130 Å². The zero-order chi connectivity index (χ0) is 83.4. The molecule has 0 radical (unpaired) electrons. The Labute approximate surface area is 649 Å². The monoisotopic (exact) mass is 1560 g/mol. The van der Waals surface area contributed by atoms with E-state index >= 15 is 9.59 Å². The van der Waals surface area contributed by atoms with Gasteiger partial charge in [-0.2, -0.15) is 0 Å². The summed E-state index contributed by atoms with van der Waals surface area (Å²) in [6.07, 6.45) is 0.739. The number of carbonyl (C=O) groups excluding carboxylic acids is 11. The number of carbonyl (C=O) groups is 11. The van der Waals surface area contributed by atoms with Gasteiger partial charge in [0.1, 0.15) is 66.2 Å². The van der Waals surface area contributed by atoms with E-state index in [4.69, 9.17) is 68.8 Å². The van der Waals surface area contributed by atoms with E-state index in [-0.39, 0.29) is 182 Å². The van der Waals surface area contributed by atoms with Crippen LogP contribution in [0.4, 0.5) is 0 Å². The SMILES string of the molecule is CC[C@H](C)[C@H](NC(=O)[C@H](CCCN=C(N)N)NC(=O)[C@H](CCCN=C(N)N)NC(=O)[C@H](Cc1ccccc1)NC(=O)[C@H](CC(C)C)NC(=O)[C@H](CCCN=C(N)N)NC(=O)[C@@H](N)CCCN=C(N)N)C(=O)N[C@@H](CC(C)C)C(=O)N[C@@H](CCCN=C(N)N)C(=O)N[C@@H](Cc1ccc(O)cc1)C(=O)N[C@@H](CC(C)C)C(N)=O. The summed E-state index contributed by atoms with van der Waals surface area (Å²) < 4.78 is 0. The normalized spacial score (nSPS) is 14.3. The van der Waals surface area contributed by atoms with E-state index in [1.807, 2.05) is 13.8 Å². The average molecular weight is 1560 g/mol. The van der Waals surface area contributed by atoms with Crippen molar-refractivity contribution in [2.45, 2.75) is 225 Å². The second-order valence-corrected chi connectivity index (χ2v) is 28.6. The van der Waals surface area contributed by atoms with Gasteiger partial charge >= 0.3 is 0 Å². The average Bonchev–Trinajstić information content (AvgIpc) is 0.850. The summed E-state index contributed by atoms with van der Waals surface area (Å²) in [6, 6.07) is -0.323. The second-order valence-electron chi connectivity index (χ2n) is 28.6. The number of nitrogens with two attached hydrogens (primary N) is 12. The van der Waals surface area contributed by atoms with E-state index in [0.717, 1.165) is 0 Å². The molecule has 0 saturated heterocycles. The predicted molar refractivity (Wildman–Crippen MR) is 426 cm³/mol. The number of guanidine groups is 5. The lowest BCUT2D eigenvalue weighted by molar-refractivity contribution is -0.137. The lowest BCUT2D eigenvalue weighted by Gasteiger charge is -2.30. The van der Waals surface area contributed by atoms with Crippen LogP contribution in [0.2, 0.25) is 0 Å². The van der Waals surface area contributed by atoms with E-state index in [0.29, 0.717) is 17.5 Å². The first-order valence-corrected chi connectivity index (χ1v) is 37.5. The zero-order valence-electron chi connectivity index (χ0n) is 65.3. The second kappa shape index (κ2) is 51.2. The van der Waals surface area contributed by atoms with Crippen molar-refractivity contribution in [1.29, 1.82) is 0 Å². The van der Waals surface area contributed by atoms with Crippen molar-refractivity contribution in [3.8, 4) is 5.75 Å². The largest absolute Gasteiger partial charge is 0.508 e. The van der Waals surface area contributed by atoms with Gasteiger partial charge in [0.05, 0.1) is 6.04 Å². The molecule has 0 saturated carbocycles. The number of hydrogen-bond acceptors (Lipinski definition) is 18. The fraction of sp³-hybridized carbons (Fsp3) is 0.611. The van der Waals surface area contributed by atoms with Crippen molar-refractivity contribution in [2.24, 2.45) is 117 Å². The molecule has 0 unspecified atom stereocenters. The van der Waals surface area contributed by atoms with Crippen LogP contribution in [0, 0.1) is 23.7 Å². The first-order valence-electron chi connectivity index (χ1n) is 37.5. The molecule has 0 fully saturated rings. The number of phenols is 1. The number of aromatic hydroxyl groups is 1. The molecule has 35 N–H and O–H groups in total. The maximum Gasteiger partial charge on any atom is 0.243 e. The van der Waals surface area contributed by atoms with Crippen LogP contribution in [0.25, 0.3) is 0 Å². The molecule has 39 heteroatoms. The Balaban J connectivity index is 2.71. The number of rotatable bonds is 53. The van der Waals surface area contributed by atoms with Crippen molar-refractivity contribution in [3.05, 3.63) is 65.7 Å². The summed E-state index contributed by atoms with van der Waals surface area (Å²) in [5, 5.41) is 37.4. The predicted octanol–water partition coefficient (Wildman–Crippen LogP) is -4.71. The molecule has 0 aliphatic rings. The summed E-state index contributed by atoms with van der Waals surface area (Å²) in [5.74, 6) is -11.4. The first kappa shape index (κ1) is 95.8. The number of benzene rings is 2. The molecule has 11 amide bonds. The molecule has 0 heterocycles. The molecule has 2 aromatic rings. The highest BCUT2D eigenvalue weighted by Crippen LogP contribution is 2.18. The smallest absolute Gasteiger partial charge is 0.243 e. The van der Waals surface area contributed by atoms with Gasteiger partial charge in [0.15, 0.2) is 29.8 Å². The van der Waals surface area contributed by atoms with Crippen molar-refractivity contribution in [1.82, 2.24) is 53.2 Å². The van der Waals surface area contributed by atoms with Gasteiger partial charge in [0, 0.05) is 45.6 Å². The van der Waals surface area contributed by atoms with E-state index < -0.39 is 137 Å². The van der Waals surface area contributed by atoms with E-state index in [9.17, 15) is 48.3 Å². The van der Waals surface area contributed by atoms with Gasteiger partial charge in [-0.3, -0.25) is 77.7 Å². The molecule has 0 aliphatic heterocycles. The number of nitrogens with zero attached hydrogens (tertiary/aromatic N) is 5. The van der Waals surface area contributed by atoms with Crippen molar-refractivity contribution >= 4 is 94.8 Å². The van der Waals surface area contributed by atoms with Gasteiger partial charge in [-0.25, -0.2) is 0 Å². The maximum absolute atomic E-state index is 15.0. The van der Waals surface area contributed by atoms with Crippen LogP contribution in [0.1, 0.15) is 156 Å². The number of primary amides is 1. The van der Waals surface area contributed by atoms with Crippen molar-refractivity contribution in [3.63, 3.8) is 0 Å². The van der Waals surface area contributed by atoms with Crippen molar-refractivity contribution in [2.75, 3.05) is 32.7 Å². The summed E-state index contributed by atoms with van der Waals surface area (Å²) in [6.45, 7) is 14.5. The number of amides is 11. The van der Waals surface area contributed by atoms with E-state index in [1.165, 1.54) is 24.3 Å². The summed E-state index contributed by atoms with van der Waals surface area (Å²) in [5.41, 5.74) is 68.8. The molecule has 0 aliphatic carbocycles. The van der Waals surface area contributed by atoms with Crippen LogP contribution in [0.15, 0.2) is 79.6 Å². The molecule has 0 aromatic heterocycles. The Morgan fingerprint density at radius 1 is 0.333 bits per heavy atom. The summed E-state index contributed by atoms with van der Waals surface area (Å²) in [4.78, 5) is 178. The standard InChI is InChI=1S/C72H125N27O12/c1-9-42(8)56(67(111)98-53(36-41(6)7)63(107)92-49(23-16-32-88-71(81)82)61(105)96-55(38-44-25-27-45(100)28-26-44)66(110)94-51(57(74)101)34-39(2)3)99-62(106)50(24-17-33-89-72(83)84)91-59(103)48(22-15-31-87-70(79)80)93-65(109)54(37-43-18-11-10-12-19-43)97-64(108)52(35-40(4)5)95-60(104)47(21-14-30-86-69(77)78)90-58(102)46(73)20-13-29-85-68(75)76/h10-12,18-19,25-28,39-42,46-56,100H,9,13-17,20-24,29-38,73H2,1-8H3,(H2,74,101)(H,90,102)(H,91,103)(H,92,107)(H,93,109)(H,94,110)(H,95,104)(H,96,105)(H,97,108)(H,98,111)(H,99,106)(H4,75,76,85)(H4,77,78,86)(H4,79,80,87)(H4,81,82,88)(H4,83,84,89)/t42-,46-,47-,48-,49-,50-,51-,52-,53-,54-,55-,56-/m0/s1. The molecule has 12 atom stereocenters. The van der Waals surface area contributed by atoms with Crippen LogP contribution < -0.4 is 122 Å². The van der Waals surface area contributed by atoms with E-state index in [2.05, 4.69) is 78.1 Å². The van der Waals surface area contributed by atoms with Gasteiger partial charge in [-0.15, -0.1) is 0 Å². The highest BCUT2D eigenvalue weighted by molar-refractivity contribution is 5.99. The van der Waals surface area contributed by atoms with Gasteiger partial charge in [0.25, 0.3) is 0 Å². The zero-order valence-corrected chi connectivity index (χ0v) is 65.3. The topological polar surface area (TPSA) is 702 Å². The van der Waals surface area contributed by atoms with Crippen LogP contribution in [0.3, 0.4) is 0 Å². The molecular weight excluding hydrogens is 1430 g/mol. The van der Waals surface area contributed by atoms with Crippen LogP contribution >= 0.6 is 0 Å². The Bertz CT molecular complexity index is 3450. The highest BCUT2D eigenvalue weighted by Gasteiger charge is 2.38. The molecule has 39 nitrogen and oxygen atoms in total. The number of hydrogen-bond donors (Lipinski definition) is 23. The minimum Gasteiger partial charge on any atom is -0.508 e.